The molecule has 0 aromatic heterocycles. The number of benzene rings is 1. The molecule has 0 fully saturated rings. The Hall–Kier alpha value is -1.10. The molecule has 0 saturated heterocycles. The zero-order valence-corrected chi connectivity index (χ0v) is 14.2. The molecule has 1 atom stereocenters. The first-order chi connectivity index (χ1) is 9.47. The number of halogens is 1. The first-order valence-electron chi connectivity index (χ1n) is 7.35. The molecule has 1 amide bonds. The highest BCUT2D eigenvalue weighted by Gasteiger charge is 2.17. The Morgan fingerprint density at radius 1 is 1.29 bits per heavy atom. The molecule has 4 nitrogen and oxygen atoms in total. The number of carbonyl (C=O) groups excluding carboxylic acids is 1. The molecule has 0 spiro atoms. The van der Waals surface area contributed by atoms with Gasteiger partial charge in [-0.3, -0.25) is 9.69 Å². The van der Waals surface area contributed by atoms with Gasteiger partial charge in [-0.2, -0.15) is 0 Å². The van der Waals surface area contributed by atoms with Crippen molar-refractivity contribution in [1.29, 1.82) is 0 Å². The van der Waals surface area contributed by atoms with E-state index in [1.165, 1.54) is 5.56 Å². The molecule has 0 aliphatic heterocycles. The van der Waals surface area contributed by atoms with Crippen molar-refractivity contribution in [2.45, 2.75) is 40.3 Å². The molecule has 120 valence electrons. The van der Waals surface area contributed by atoms with Gasteiger partial charge in [-0.25, -0.2) is 0 Å². The maximum Gasteiger partial charge on any atom is 0.241 e. The fourth-order valence-corrected chi connectivity index (χ4v) is 1.98. The van der Waals surface area contributed by atoms with E-state index in [0.717, 1.165) is 25.3 Å². The largest absolute Gasteiger partial charge is 0.325 e. The molecular weight excluding hydrogens is 286 g/mol. The highest BCUT2D eigenvalue weighted by atomic mass is 35.5. The Balaban J connectivity index is 0.00000400. The lowest BCUT2D eigenvalue weighted by atomic mass is 10.0. The molecule has 1 aromatic rings. The predicted octanol–water partition coefficient (Wildman–Crippen LogP) is 2.87. The highest BCUT2D eigenvalue weighted by Crippen LogP contribution is 2.13. The second-order valence-corrected chi connectivity index (χ2v) is 5.42. The van der Waals surface area contributed by atoms with Gasteiger partial charge in [0.15, 0.2) is 0 Å². The molecule has 0 radical (unpaired) electrons. The minimum absolute atomic E-state index is 0. The van der Waals surface area contributed by atoms with Crippen LogP contribution in [0.15, 0.2) is 24.3 Å². The van der Waals surface area contributed by atoms with E-state index in [1.54, 1.807) is 0 Å². The zero-order valence-electron chi connectivity index (χ0n) is 13.4. The van der Waals surface area contributed by atoms with Gasteiger partial charge in [0.1, 0.15) is 0 Å². The van der Waals surface area contributed by atoms with Crippen LogP contribution in [0.2, 0.25) is 0 Å². The van der Waals surface area contributed by atoms with Crippen LogP contribution >= 0.6 is 12.4 Å². The van der Waals surface area contributed by atoms with Crippen LogP contribution in [0.1, 0.15) is 33.3 Å². The number of rotatable bonds is 7. The van der Waals surface area contributed by atoms with E-state index in [0.29, 0.717) is 0 Å². The minimum Gasteiger partial charge on any atom is -0.325 e. The summed E-state index contributed by atoms with van der Waals surface area (Å²) in [4.78, 5) is 14.3. The lowest BCUT2D eigenvalue weighted by Gasteiger charge is -2.19. The van der Waals surface area contributed by atoms with Crippen molar-refractivity contribution in [3.05, 3.63) is 29.8 Å². The average molecular weight is 314 g/mol. The number of hydrogen-bond acceptors (Lipinski definition) is 3. The summed E-state index contributed by atoms with van der Waals surface area (Å²) >= 11 is 0. The topological polar surface area (TPSA) is 58.4 Å². The summed E-state index contributed by atoms with van der Waals surface area (Å²) in [5.74, 6) is 0.00819. The van der Waals surface area contributed by atoms with Gasteiger partial charge in [-0.1, -0.05) is 39.8 Å². The second-order valence-electron chi connectivity index (χ2n) is 5.42. The number of amides is 1. The van der Waals surface area contributed by atoms with E-state index >= 15 is 0 Å². The third kappa shape index (κ3) is 6.46. The summed E-state index contributed by atoms with van der Waals surface area (Å²) in [6, 6.07) is 7.49. The Morgan fingerprint density at radius 3 is 2.43 bits per heavy atom. The molecule has 1 rings (SSSR count). The zero-order chi connectivity index (χ0) is 15.1. The maximum absolute atomic E-state index is 12.0. The minimum atomic E-state index is -0.471. The summed E-state index contributed by atoms with van der Waals surface area (Å²) in [6.07, 6.45) is 0. The number of carbonyl (C=O) groups is 1. The van der Waals surface area contributed by atoms with Crippen LogP contribution in [0.3, 0.4) is 0 Å². The molecule has 0 aliphatic carbocycles. The van der Waals surface area contributed by atoms with Gasteiger partial charge in [-0.15, -0.1) is 12.4 Å². The van der Waals surface area contributed by atoms with Gasteiger partial charge in [0.05, 0.1) is 6.04 Å². The number of anilines is 1. The van der Waals surface area contributed by atoms with Crippen LogP contribution in [0, 0.1) is 5.92 Å². The first-order valence-corrected chi connectivity index (χ1v) is 7.35. The molecular formula is C16H28ClN3O. The predicted molar refractivity (Wildman–Crippen MR) is 91.8 cm³/mol. The molecule has 0 bridgehead atoms. The van der Waals surface area contributed by atoms with Crippen molar-refractivity contribution in [2.24, 2.45) is 11.7 Å². The molecule has 0 aliphatic rings. The van der Waals surface area contributed by atoms with Crippen LogP contribution in [-0.2, 0) is 11.3 Å². The molecule has 21 heavy (non-hydrogen) atoms. The van der Waals surface area contributed by atoms with Crippen molar-refractivity contribution >= 4 is 24.0 Å². The fraction of sp³-hybridized carbons (Fsp3) is 0.562. The Bertz CT molecular complexity index is 433. The standard InChI is InChI=1S/C16H27N3O.ClH/c1-5-19(6-2)11-13-8-7-9-14(10-13)18-16(20)15(17)12(3)4;/h7-10,12,15H,5-6,11,17H2,1-4H3,(H,18,20);1H/t15-;/m0./s1. The average Bonchev–Trinajstić information content (AvgIpc) is 2.44. The first kappa shape index (κ1) is 19.9. The molecule has 0 unspecified atom stereocenters. The van der Waals surface area contributed by atoms with E-state index in [4.69, 9.17) is 5.73 Å². The Morgan fingerprint density at radius 2 is 1.90 bits per heavy atom. The molecule has 5 heteroatoms. The summed E-state index contributed by atoms with van der Waals surface area (Å²) in [7, 11) is 0. The summed E-state index contributed by atoms with van der Waals surface area (Å²) in [5.41, 5.74) is 7.86. The summed E-state index contributed by atoms with van der Waals surface area (Å²) in [6.45, 7) is 11.1. The SMILES string of the molecule is CCN(CC)Cc1cccc(NC(=O)[C@@H](N)C(C)C)c1.Cl. The highest BCUT2D eigenvalue weighted by molar-refractivity contribution is 5.94. The number of nitrogens with one attached hydrogen (secondary N) is 1. The lowest BCUT2D eigenvalue weighted by Crippen LogP contribution is -2.39. The monoisotopic (exact) mass is 313 g/mol. The lowest BCUT2D eigenvalue weighted by molar-refractivity contribution is -0.118. The number of nitrogens with two attached hydrogens (primary N) is 1. The number of hydrogen-bond donors (Lipinski definition) is 2. The summed E-state index contributed by atoms with van der Waals surface area (Å²) < 4.78 is 0. The smallest absolute Gasteiger partial charge is 0.241 e. The van der Waals surface area contributed by atoms with Crippen molar-refractivity contribution in [1.82, 2.24) is 4.90 Å². The summed E-state index contributed by atoms with van der Waals surface area (Å²) in [5, 5.41) is 2.89. The Kier molecular flexibility index (Phi) is 9.26. The number of nitrogens with zero attached hydrogens (tertiary/aromatic N) is 1. The third-order valence-corrected chi connectivity index (χ3v) is 3.52. The van der Waals surface area contributed by atoms with Gasteiger partial charge < -0.3 is 11.1 Å². The van der Waals surface area contributed by atoms with Crippen molar-refractivity contribution in [3.8, 4) is 0 Å². The van der Waals surface area contributed by atoms with Crippen molar-refractivity contribution in [2.75, 3.05) is 18.4 Å². The van der Waals surface area contributed by atoms with E-state index in [1.807, 2.05) is 32.0 Å². The third-order valence-electron chi connectivity index (χ3n) is 3.52. The van der Waals surface area contributed by atoms with Crippen molar-refractivity contribution in [3.63, 3.8) is 0 Å². The van der Waals surface area contributed by atoms with Gasteiger partial charge in [0.2, 0.25) is 5.91 Å². The van der Waals surface area contributed by atoms with Gasteiger partial charge in [0, 0.05) is 12.2 Å². The Labute approximate surface area is 134 Å². The van der Waals surface area contributed by atoms with Crippen LogP contribution < -0.4 is 11.1 Å². The van der Waals surface area contributed by atoms with E-state index in [9.17, 15) is 4.79 Å². The molecule has 0 saturated carbocycles. The van der Waals surface area contributed by atoms with Gasteiger partial charge >= 0.3 is 0 Å². The molecule has 1 aromatic carbocycles. The van der Waals surface area contributed by atoms with E-state index in [-0.39, 0.29) is 24.2 Å². The van der Waals surface area contributed by atoms with Crippen LogP contribution in [0.25, 0.3) is 0 Å². The van der Waals surface area contributed by atoms with Crippen LogP contribution in [0.5, 0.6) is 0 Å². The quantitative estimate of drug-likeness (QED) is 0.814. The molecule has 0 heterocycles. The molecule has 3 N–H and O–H groups in total. The van der Waals surface area contributed by atoms with Crippen molar-refractivity contribution < 1.29 is 4.79 Å². The van der Waals surface area contributed by atoms with E-state index < -0.39 is 6.04 Å². The van der Waals surface area contributed by atoms with Crippen LogP contribution in [-0.4, -0.2) is 29.9 Å². The fourth-order valence-electron chi connectivity index (χ4n) is 1.98. The van der Waals surface area contributed by atoms with Crippen LogP contribution in [0.4, 0.5) is 5.69 Å². The van der Waals surface area contributed by atoms with Gasteiger partial charge in [-0.05, 0) is 36.7 Å². The second kappa shape index (κ2) is 9.77. The normalized spacial score (nSPS) is 12.1. The maximum atomic E-state index is 12.0. The van der Waals surface area contributed by atoms with Gasteiger partial charge in [0.25, 0.3) is 0 Å². The van der Waals surface area contributed by atoms with E-state index in [2.05, 4.69) is 30.1 Å².